The lowest BCUT2D eigenvalue weighted by molar-refractivity contribution is -0.318. The molecule has 0 saturated carbocycles. The van der Waals surface area contributed by atoms with E-state index in [1.54, 1.807) is 66.9 Å². The number of cyclic esters (lactones) is 2. The van der Waals surface area contributed by atoms with E-state index in [1.165, 1.54) is 57.5 Å². The second-order valence-electron chi connectivity index (χ2n) is 30.0. The highest BCUT2D eigenvalue weighted by atomic mass is 35.5. The van der Waals surface area contributed by atoms with Crippen LogP contribution in [-0.4, -0.2) is 298 Å². The molecule has 7 aliphatic heterocycles. The molecule has 0 unspecified atom stereocenters. The lowest BCUT2D eigenvalue weighted by atomic mass is 9.74. The zero-order chi connectivity index (χ0) is 76.4. The summed E-state index contributed by atoms with van der Waals surface area (Å²) in [6, 6.07) is 3.46. The van der Waals surface area contributed by atoms with Gasteiger partial charge in [0, 0.05) is 63.9 Å². The van der Waals surface area contributed by atoms with Gasteiger partial charge in [0.1, 0.15) is 71.5 Å². The van der Waals surface area contributed by atoms with Crippen molar-refractivity contribution in [1.82, 2.24) is 20.4 Å². The van der Waals surface area contributed by atoms with Crippen LogP contribution in [0.25, 0.3) is 0 Å². The zero-order valence-corrected chi connectivity index (χ0v) is 64.4. The minimum Gasteiger partial charge on any atom is -0.459 e. The predicted octanol–water partition coefficient (Wildman–Crippen LogP) is 3.30. The summed E-state index contributed by atoms with van der Waals surface area (Å²) in [5.74, 6) is -5.20. The molecule has 28 nitrogen and oxygen atoms in total. The third-order valence-electron chi connectivity index (χ3n) is 21.5. The number of carbonyl (C=O) groups excluding carboxylic acids is 5. The largest absolute Gasteiger partial charge is 0.459 e. The highest BCUT2D eigenvalue weighted by Crippen LogP contribution is 2.42. The van der Waals surface area contributed by atoms with Crippen molar-refractivity contribution in [1.29, 1.82) is 0 Å². The maximum atomic E-state index is 14.4. The summed E-state index contributed by atoms with van der Waals surface area (Å²) in [7, 11) is 7.12. The van der Waals surface area contributed by atoms with Gasteiger partial charge in [0.05, 0.1) is 103 Å². The fraction of sp³-hybridized carbons (Fsp3) is 0.845. The summed E-state index contributed by atoms with van der Waals surface area (Å²) in [6.07, 6.45) is -10.8. The highest BCUT2D eigenvalue weighted by Gasteiger charge is 2.55. The molecule has 7 saturated heterocycles. The van der Waals surface area contributed by atoms with Crippen LogP contribution in [0.3, 0.4) is 0 Å². The van der Waals surface area contributed by atoms with E-state index >= 15 is 0 Å². The molecule has 586 valence electrons. The molecule has 0 bridgehead atoms. The molecule has 0 spiro atoms. The number of likely N-dealkylation sites (N-methyl/N-ethyl adjacent to an activating group) is 2. The number of methoxy groups -OCH3 is 1. The number of hydrogen-bond acceptors (Lipinski definition) is 26. The molecule has 28 atom stereocenters. The van der Waals surface area contributed by atoms with E-state index in [0.29, 0.717) is 50.0 Å². The van der Waals surface area contributed by atoms with Crippen molar-refractivity contribution in [3.63, 3.8) is 0 Å². The van der Waals surface area contributed by atoms with Crippen molar-refractivity contribution in [3.05, 3.63) is 24.0 Å². The number of nitrogens with zero attached hydrogens (tertiary/aromatic N) is 4. The number of morpholine rings is 1. The number of alkyl halides is 1. The number of rotatable bonds is 18. The maximum Gasteiger partial charge on any atom is 0.414 e. The minimum atomic E-state index is -1.99. The van der Waals surface area contributed by atoms with Crippen LogP contribution in [0.5, 0.6) is 0 Å². The van der Waals surface area contributed by atoms with E-state index in [9.17, 15) is 69.2 Å². The number of amides is 3. The Bertz CT molecular complexity index is 2870. The van der Waals surface area contributed by atoms with Crippen LogP contribution in [-0.2, 0) is 61.8 Å². The molecule has 7 heterocycles. The van der Waals surface area contributed by atoms with Gasteiger partial charge in [-0.3, -0.25) is 29.0 Å². The third-order valence-corrected chi connectivity index (χ3v) is 22.6. The fourth-order valence-corrected chi connectivity index (χ4v) is 16.2. The molecule has 0 aliphatic carbocycles. The van der Waals surface area contributed by atoms with Gasteiger partial charge >= 0.3 is 12.1 Å². The number of hydrogen-bond donors (Lipinski definition) is 10. The first kappa shape index (κ1) is 87.2. The van der Waals surface area contributed by atoms with Crippen molar-refractivity contribution in [2.75, 3.05) is 90.2 Å². The summed E-state index contributed by atoms with van der Waals surface area (Å²) in [4.78, 5) is 70.9. The Kier molecular flexibility index (Phi) is 32.4. The van der Waals surface area contributed by atoms with Gasteiger partial charge in [0.2, 0.25) is 11.8 Å². The monoisotopic (exact) mass is 1490 g/mol. The fourth-order valence-electron chi connectivity index (χ4n) is 15.3. The van der Waals surface area contributed by atoms with Crippen LogP contribution in [0.4, 0.5) is 20.6 Å². The van der Waals surface area contributed by atoms with E-state index in [1.807, 2.05) is 42.8 Å². The van der Waals surface area contributed by atoms with Gasteiger partial charge in [-0.2, -0.15) is 0 Å². The molecule has 31 heteroatoms. The zero-order valence-electron chi connectivity index (χ0n) is 62.8. The van der Waals surface area contributed by atoms with Gasteiger partial charge in [-0.25, -0.2) is 9.18 Å². The number of ether oxygens (including phenoxy) is 9. The standard InChI is InChI=1S/C37H67NO13.C18H33ClN2O5S.C16H20FN3O4/c1-14-25-37(10,45)30(41)20(4)27(39)18(2)16-35(8,44)32(51-34-28(40)24(38(11)12)15-19(3)47-34)21(5)29(22(6)33(43)49-25)50-26-17-36(9,46-13)31(42)23(7)48-26;1-5-6-10-7-11(21(3)8-10)17(25)20-12(9(2)19)16-14(23)13(22)15(24)18(26-16)27-4;1-11(21)18-9-13-10-20(16(22)24-13)12-2-3-15(14(17)8-12)19-4-6-23-7-5-19/h18-26,28-32,34,40-42,44-45H,14-17H2,1-13H3;9-16,18,22-24H,5-8H2,1-4H3,(H,20,25);2-3,8,13H,4-7,9-10H2,1H3,(H,18,21)/t18-,19-,20+,21+,22-,23+,24+,25-,26+,28-,29+,30-,31+,32-,34+,35-,36-,37-;9-,10+,11-,12+,13-,14+,15+,16+,18+;13-/m100/s1. The second-order valence-corrected chi connectivity index (χ2v) is 31.6. The van der Waals surface area contributed by atoms with Crippen LogP contribution in [0.2, 0.25) is 0 Å². The maximum absolute atomic E-state index is 14.4. The molecule has 8 rings (SSSR count). The Morgan fingerprint density at radius 1 is 0.863 bits per heavy atom. The number of thioether (sulfide) groups is 1. The van der Waals surface area contributed by atoms with Gasteiger partial charge in [0.15, 0.2) is 12.6 Å². The van der Waals surface area contributed by atoms with E-state index in [4.69, 9.17) is 54.2 Å². The molecule has 0 aromatic heterocycles. The Morgan fingerprint density at radius 2 is 1.52 bits per heavy atom. The number of carbonyl (C=O) groups is 5. The lowest BCUT2D eigenvalue weighted by Crippen LogP contribution is -2.65. The molecule has 1 aromatic carbocycles. The topological polar surface area (TPSA) is 367 Å². The molecule has 7 aliphatic rings. The SMILES string of the molecule is CC(=O)NC[C@H]1CN(c2ccc(N3CCOCC3)c(F)c2)C(=O)O1.CCC[C@@H]1C[C@@H](C(=O)N[C@@H]([C@H]2O[C@H](SC)[C@H](O)[C@@H](O)[C@H]2O)[C@H](C)Cl)N(C)C1.CC[C@H]1OC(=O)[C@H](C)[C@@H](O[C@H]2C[C@@](C)(OC)[C@@H](O)[C@H](C)O2)[C@H](C)[C@@H](O[C@@H]2O[C@H](C)C[C@H](N(C)C)[C@H]2O)[C@](C)(O)C[C@@H](C)C(=O)[C@H](C)[C@@H](O)[C@]1(C)O. The summed E-state index contributed by atoms with van der Waals surface area (Å²) >= 11 is 7.55. The molecular weight excluding hydrogens is 1380 g/mol. The van der Waals surface area contributed by atoms with Crippen LogP contribution >= 0.6 is 23.4 Å². The molecule has 10 N–H and O–H groups in total. The van der Waals surface area contributed by atoms with Crippen molar-refractivity contribution in [2.45, 2.75) is 273 Å². The molecule has 102 heavy (non-hydrogen) atoms. The number of esters is 1. The number of aliphatic hydroxyl groups excluding tert-OH is 6. The van der Waals surface area contributed by atoms with Crippen molar-refractivity contribution in [2.24, 2.45) is 29.6 Å². The van der Waals surface area contributed by atoms with E-state index in [2.05, 4.69) is 17.6 Å². The number of benzene rings is 1. The van der Waals surface area contributed by atoms with Gasteiger partial charge in [-0.1, -0.05) is 41.0 Å². The van der Waals surface area contributed by atoms with Gasteiger partial charge in [-0.05, 0) is 132 Å². The molecule has 0 radical (unpaired) electrons. The first-order chi connectivity index (χ1) is 47.7. The average Bonchev–Trinajstić information content (AvgIpc) is 0.994. The highest BCUT2D eigenvalue weighted by molar-refractivity contribution is 7.99. The number of Topliss-reactive ketones (excluding diaryl/α,β-unsaturated/α-hetero) is 1. The summed E-state index contributed by atoms with van der Waals surface area (Å²) in [5, 5.41) is 93.2. The normalized spacial score (nSPS) is 40.4. The van der Waals surface area contributed by atoms with Gasteiger partial charge in [-0.15, -0.1) is 23.4 Å². The molecular formula is C71H120ClFN6O22S. The first-order valence-electron chi connectivity index (χ1n) is 36.0. The van der Waals surface area contributed by atoms with Gasteiger partial charge in [0.25, 0.3) is 0 Å². The van der Waals surface area contributed by atoms with Crippen LogP contribution in [0.15, 0.2) is 18.2 Å². The second kappa shape index (κ2) is 37.9. The number of anilines is 2. The predicted molar refractivity (Wildman–Crippen MR) is 379 cm³/mol. The van der Waals surface area contributed by atoms with Crippen molar-refractivity contribution >= 4 is 64.4 Å². The lowest BCUT2D eigenvalue weighted by Gasteiger charge is -2.49. The number of aliphatic hydroxyl groups is 8. The van der Waals surface area contributed by atoms with Gasteiger partial charge < -0.3 is 104 Å². The smallest absolute Gasteiger partial charge is 0.414 e. The summed E-state index contributed by atoms with van der Waals surface area (Å²) < 4.78 is 67.8. The van der Waals surface area contributed by atoms with Crippen molar-refractivity contribution < 1.29 is 112 Å². The Morgan fingerprint density at radius 3 is 2.10 bits per heavy atom. The quantitative estimate of drug-likeness (QED) is 0.0744. The summed E-state index contributed by atoms with van der Waals surface area (Å²) in [6.45, 7) is 25.4. The Hall–Kier alpha value is -3.74. The Labute approximate surface area is 610 Å². The average molecular weight is 1500 g/mol. The van der Waals surface area contributed by atoms with Crippen LogP contribution in [0.1, 0.15) is 135 Å². The first-order valence-corrected chi connectivity index (χ1v) is 37.7. The van der Waals surface area contributed by atoms with E-state index in [-0.39, 0.29) is 68.2 Å². The summed E-state index contributed by atoms with van der Waals surface area (Å²) in [5.41, 5.74) is -4.59. The minimum absolute atomic E-state index is 0.0936. The third kappa shape index (κ3) is 21.4. The van der Waals surface area contributed by atoms with Crippen molar-refractivity contribution in [3.8, 4) is 0 Å². The van der Waals surface area contributed by atoms with Crippen LogP contribution < -0.4 is 20.4 Å². The number of halogens is 2. The number of likely N-dealkylation sites (tertiary alicyclic amines) is 1. The van der Waals surface area contributed by atoms with Crippen LogP contribution in [0, 0.1) is 35.4 Å². The molecule has 1 aromatic rings. The number of nitrogens with one attached hydrogen (secondary N) is 2. The Balaban J connectivity index is 0.000000267. The number of ketones is 1. The molecule has 3 amide bonds. The van der Waals surface area contributed by atoms with E-state index in [0.717, 1.165) is 25.8 Å². The van der Waals surface area contributed by atoms with E-state index < -0.39 is 161 Å². The molecule has 7 fully saturated rings.